The zero-order chi connectivity index (χ0) is 14.6. The molecule has 1 fully saturated rings. The summed E-state index contributed by atoms with van der Waals surface area (Å²) in [5.74, 6) is -0.0416. The molecule has 1 heterocycles. The minimum atomic E-state index is -0.428. The van der Waals surface area contributed by atoms with E-state index in [2.05, 4.69) is 5.32 Å². The summed E-state index contributed by atoms with van der Waals surface area (Å²) in [5, 5.41) is 2.86. The highest BCUT2D eigenvalue weighted by molar-refractivity contribution is 5.97. The lowest BCUT2D eigenvalue weighted by Gasteiger charge is -2.44. The lowest BCUT2D eigenvalue weighted by atomic mass is 9.83. The van der Waals surface area contributed by atoms with Gasteiger partial charge in [0, 0.05) is 13.7 Å². The predicted octanol–water partition coefficient (Wildman–Crippen LogP) is 1.17. The smallest absolute Gasteiger partial charge is 0.245 e. The lowest BCUT2D eigenvalue weighted by Crippen LogP contribution is -2.67. The first-order valence-corrected chi connectivity index (χ1v) is 6.92. The third kappa shape index (κ3) is 3.69. The van der Waals surface area contributed by atoms with Crippen LogP contribution in [0.1, 0.15) is 40.5 Å². The molecule has 0 aromatic carbocycles. The number of ether oxygens (including phenoxy) is 1. The molecule has 2 unspecified atom stereocenters. The molecule has 0 spiro atoms. The molecular formula is C14H26N2O3. The van der Waals surface area contributed by atoms with Crippen molar-refractivity contribution in [3.05, 3.63) is 0 Å². The van der Waals surface area contributed by atoms with Gasteiger partial charge >= 0.3 is 0 Å². The summed E-state index contributed by atoms with van der Waals surface area (Å²) in [5.41, 5.74) is -0.287. The molecule has 0 aliphatic carbocycles. The molecule has 0 aromatic heterocycles. The third-order valence-corrected chi connectivity index (χ3v) is 3.39. The van der Waals surface area contributed by atoms with Crippen LogP contribution in [-0.4, -0.2) is 49.1 Å². The van der Waals surface area contributed by atoms with Crippen molar-refractivity contribution < 1.29 is 14.3 Å². The fourth-order valence-corrected chi connectivity index (χ4v) is 2.56. The monoisotopic (exact) mass is 270 g/mol. The van der Waals surface area contributed by atoms with Crippen molar-refractivity contribution in [3.8, 4) is 0 Å². The molecule has 2 amide bonds. The molecule has 0 aromatic rings. The van der Waals surface area contributed by atoms with E-state index in [-0.39, 0.29) is 23.3 Å². The second-order valence-electron chi connectivity index (χ2n) is 6.14. The number of amides is 2. The van der Waals surface area contributed by atoms with Crippen molar-refractivity contribution >= 4 is 11.8 Å². The van der Waals surface area contributed by atoms with Gasteiger partial charge < -0.3 is 15.0 Å². The Bertz CT molecular complexity index is 336. The van der Waals surface area contributed by atoms with E-state index in [4.69, 9.17) is 4.74 Å². The van der Waals surface area contributed by atoms with Crippen molar-refractivity contribution in [1.82, 2.24) is 10.2 Å². The van der Waals surface area contributed by atoms with E-state index in [1.165, 1.54) is 0 Å². The van der Waals surface area contributed by atoms with Gasteiger partial charge in [-0.3, -0.25) is 9.59 Å². The molecule has 110 valence electrons. The van der Waals surface area contributed by atoms with E-state index in [1.807, 2.05) is 27.7 Å². The average Bonchev–Trinajstić information content (AvgIpc) is 2.30. The maximum absolute atomic E-state index is 12.5. The summed E-state index contributed by atoms with van der Waals surface area (Å²) in [6.07, 6.45) is 1.56. The summed E-state index contributed by atoms with van der Waals surface area (Å²) in [4.78, 5) is 26.5. The van der Waals surface area contributed by atoms with E-state index >= 15 is 0 Å². The van der Waals surface area contributed by atoms with Crippen molar-refractivity contribution in [1.29, 1.82) is 0 Å². The Kier molecular flexibility index (Phi) is 5.35. The molecular weight excluding hydrogens is 244 g/mol. The van der Waals surface area contributed by atoms with E-state index in [9.17, 15) is 9.59 Å². The third-order valence-electron chi connectivity index (χ3n) is 3.39. The van der Waals surface area contributed by atoms with Crippen LogP contribution < -0.4 is 5.32 Å². The molecule has 1 rings (SSSR count). The van der Waals surface area contributed by atoms with Gasteiger partial charge in [-0.25, -0.2) is 0 Å². The number of hydrogen-bond donors (Lipinski definition) is 1. The highest BCUT2D eigenvalue weighted by Gasteiger charge is 2.45. The minimum Gasteiger partial charge on any atom is -0.383 e. The Balaban J connectivity index is 2.96. The molecule has 2 atom stereocenters. The van der Waals surface area contributed by atoms with Crippen molar-refractivity contribution in [2.75, 3.05) is 20.3 Å². The van der Waals surface area contributed by atoms with Crippen LogP contribution in [0.5, 0.6) is 0 Å². The van der Waals surface area contributed by atoms with Crippen LogP contribution in [0.3, 0.4) is 0 Å². The summed E-state index contributed by atoms with van der Waals surface area (Å²) in [6, 6.07) is -0.809. The van der Waals surface area contributed by atoms with Crippen molar-refractivity contribution in [3.63, 3.8) is 0 Å². The molecule has 0 radical (unpaired) electrons. The van der Waals surface area contributed by atoms with Crippen molar-refractivity contribution in [2.24, 2.45) is 5.41 Å². The first-order valence-electron chi connectivity index (χ1n) is 6.92. The Morgan fingerprint density at radius 2 is 1.95 bits per heavy atom. The van der Waals surface area contributed by atoms with Gasteiger partial charge in [-0.05, 0) is 11.8 Å². The van der Waals surface area contributed by atoms with Gasteiger partial charge in [-0.15, -0.1) is 0 Å². The topological polar surface area (TPSA) is 58.6 Å². The Labute approximate surface area is 115 Å². The summed E-state index contributed by atoms with van der Waals surface area (Å²) in [6.45, 7) is 8.85. The second kappa shape index (κ2) is 6.37. The van der Waals surface area contributed by atoms with Gasteiger partial charge in [0.25, 0.3) is 0 Å². The Hall–Kier alpha value is -1.10. The summed E-state index contributed by atoms with van der Waals surface area (Å²) in [7, 11) is 1.60. The van der Waals surface area contributed by atoms with Gasteiger partial charge in [0.15, 0.2) is 0 Å². The fraction of sp³-hybridized carbons (Fsp3) is 0.857. The molecule has 1 aliphatic rings. The highest BCUT2D eigenvalue weighted by atomic mass is 16.5. The fourth-order valence-electron chi connectivity index (χ4n) is 2.56. The lowest BCUT2D eigenvalue weighted by molar-refractivity contribution is -0.154. The molecule has 5 heteroatoms. The van der Waals surface area contributed by atoms with Gasteiger partial charge in [-0.1, -0.05) is 34.1 Å². The zero-order valence-corrected chi connectivity index (χ0v) is 12.7. The zero-order valence-electron chi connectivity index (χ0n) is 12.7. The van der Waals surface area contributed by atoms with Crippen LogP contribution in [0.4, 0.5) is 0 Å². The number of carbonyl (C=O) groups excluding carboxylic acids is 2. The van der Waals surface area contributed by atoms with Crippen LogP contribution in [-0.2, 0) is 14.3 Å². The molecule has 0 saturated carbocycles. The maximum atomic E-state index is 12.5. The average molecular weight is 270 g/mol. The first-order chi connectivity index (χ1) is 8.82. The molecule has 1 saturated heterocycles. The largest absolute Gasteiger partial charge is 0.383 e. The standard InChI is InChI=1S/C14H26N2O3/c1-6-7-10-13(18)16(8-9-19-5)11(12(17)15-10)14(2,3)4/h10-11H,6-9H2,1-5H3,(H,15,17). The summed E-state index contributed by atoms with van der Waals surface area (Å²) < 4.78 is 5.06. The van der Waals surface area contributed by atoms with Crippen LogP contribution in [0.15, 0.2) is 0 Å². The van der Waals surface area contributed by atoms with Crippen molar-refractivity contribution in [2.45, 2.75) is 52.6 Å². The minimum absolute atomic E-state index is 0.0124. The van der Waals surface area contributed by atoms with E-state index < -0.39 is 6.04 Å². The van der Waals surface area contributed by atoms with Crippen LogP contribution >= 0.6 is 0 Å². The molecule has 0 bridgehead atoms. The number of rotatable bonds is 5. The number of nitrogens with one attached hydrogen (secondary N) is 1. The van der Waals surface area contributed by atoms with Crippen LogP contribution in [0.2, 0.25) is 0 Å². The number of piperazine rings is 1. The second-order valence-corrected chi connectivity index (χ2v) is 6.14. The van der Waals surface area contributed by atoms with Gasteiger partial charge in [-0.2, -0.15) is 0 Å². The molecule has 1 N–H and O–H groups in total. The highest BCUT2D eigenvalue weighted by Crippen LogP contribution is 2.28. The SMILES string of the molecule is CCCC1NC(=O)C(C(C)(C)C)N(CCOC)C1=O. The molecule has 1 aliphatic heterocycles. The predicted molar refractivity (Wildman–Crippen MR) is 73.7 cm³/mol. The number of carbonyl (C=O) groups is 2. The van der Waals surface area contributed by atoms with E-state index in [0.29, 0.717) is 19.6 Å². The van der Waals surface area contributed by atoms with Gasteiger partial charge in [0.1, 0.15) is 12.1 Å². The number of hydrogen-bond acceptors (Lipinski definition) is 3. The first kappa shape index (κ1) is 16.0. The quantitative estimate of drug-likeness (QED) is 0.816. The van der Waals surface area contributed by atoms with Gasteiger partial charge in [0.05, 0.1) is 6.61 Å². The number of nitrogens with zero attached hydrogens (tertiary/aromatic N) is 1. The Morgan fingerprint density at radius 3 is 2.42 bits per heavy atom. The normalized spacial score (nSPS) is 24.6. The van der Waals surface area contributed by atoms with Crippen LogP contribution in [0, 0.1) is 5.41 Å². The van der Waals surface area contributed by atoms with E-state index in [1.54, 1.807) is 12.0 Å². The van der Waals surface area contributed by atoms with Crippen LogP contribution in [0.25, 0.3) is 0 Å². The molecule has 5 nitrogen and oxygen atoms in total. The molecule has 19 heavy (non-hydrogen) atoms. The summed E-state index contributed by atoms with van der Waals surface area (Å²) >= 11 is 0. The maximum Gasteiger partial charge on any atom is 0.245 e. The Morgan fingerprint density at radius 1 is 1.32 bits per heavy atom. The van der Waals surface area contributed by atoms with Gasteiger partial charge in [0.2, 0.25) is 11.8 Å². The van der Waals surface area contributed by atoms with E-state index in [0.717, 1.165) is 6.42 Å². The number of methoxy groups -OCH3 is 1.